The van der Waals surface area contributed by atoms with Gasteiger partial charge >= 0.3 is 0 Å². The normalized spacial score (nSPS) is 10.9. The van der Waals surface area contributed by atoms with Gasteiger partial charge in [-0.2, -0.15) is 5.26 Å². The van der Waals surface area contributed by atoms with Gasteiger partial charge in [0.2, 0.25) is 0 Å². The molecule has 0 bridgehead atoms. The van der Waals surface area contributed by atoms with Crippen LogP contribution in [-0.4, -0.2) is 10.5 Å². The van der Waals surface area contributed by atoms with Gasteiger partial charge in [-0.15, -0.1) is 0 Å². The molecule has 2 rings (SSSR count). The number of halogens is 2. The average Bonchev–Trinajstić information content (AvgIpc) is 2.52. The van der Waals surface area contributed by atoms with Crippen molar-refractivity contribution in [1.29, 1.82) is 5.26 Å². The van der Waals surface area contributed by atoms with Crippen LogP contribution >= 0.6 is 23.2 Å². The summed E-state index contributed by atoms with van der Waals surface area (Å²) >= 11 is 11.1. The van der Waals surface area contributed by atoms with E-state index in [-0.39, 0.29) is 22.3 Å². The number of rotatable bonds is 4. The van der Waals surface area contributed by atoms with Crippen LogP contribution in [-0.2, 0) is 0 Å². The van der Waals surface area contributed by atoms with Crippen LogP contribution in [0, 0.1) is 11.3 Å². The standard InChI is InChI=1S/C17H9Cl2NO2/c18-16(21)14-8-4-7-13(15(14)17(19)22)12(10-20)9-11-5-2-1-3-6-11/h1-9H. The molecule has 2 aromatic carbocycles. The molecule has 0 heterocycles. The average molecular weight is 330 g/mol. The first-order valence-corrected chi connectivity index (χ1v) is 7.00. The van der Waals surface area contributed by atoms with E-state index in [9.17, 15) is 14.9 Å². The van der Waals surface area contributed by atoms with Crippen LogP contribution in [0.4, 0.5) is 0 Å². The zero-order chi connectivity index (χ0) is 16.1. The molecular weight excluding hydrogens is 321 g/mol. The van der Waals surface area contributed by atoms with Gasteiger partial charge in [0.15, 0.2) is 0 Å². The first kappa shape index (κ1) is 16.0. The van der Waals surface area contributed by atoms with Crippen molar-refractivity contribution in [2.45, 2.75) is 0 Å². The first-order valence-electron chi connectivity index (χ1n) is 6.24. The lowest BCUT2D eigenvalue weighted by Crippen LogP contribution is -2.05. The van der Waals surface area contributed by atoms with Gasteiger partial charge in [-0.3, -0.25) is 9.59 Å². The van der Waals surface area contributed by atoms with Gasteiger partial charge in [-0.05, 0) is 40.9 Å². The molecular formula is C17H9Cl2NO2. The van der Waals surface area contributed by atoms with Crippen LogP contribution in [0.25, 0.3) is 11.6 Å². The summed E-state index contributed by atoms with van der Waals surface area (Å²) in [5.41, 5.74) is 1.20. The molecule has 22 heavy (non-hydrogen) atoms. The van der Waals surface area contributed by atoms with Gasteiger partial charge in [0, 0.05) is 11.1 Å². The predicted molar refractivity (Wildman–Crippen MR) is 86.7 cm³/mol. The maximum atomic E-state index is 11.7. The second-order valence-electron chi connectivity index (χ2n) is 4.36. The summed E-state index contributed by atoms with van der Waals surface area (Å²) in [4.78, 5) is 23.1. The van der Waals surface area contributed by atoms with Crippen LogP contribution in [0.3, 0.4) is 0 Å². The number of allylic oxidation sites excluding steroid dienone is 1. The summed E-state index contributed by atoms with van der Waals surface area (Å²) in [6.45, 7) is 0. The molecule has 5 heteroatoms. The largest absolute Gasteiger partial charge is 0.276 e. The molecule has 0 unspecified atom stereocenters. The molecule has 108 valence electrons. The van der Waals surface area contributed by atoms with E-state index in [2.05, 4.69) is 0 Å². The molecule has 0 amide bonds. The third-order valence-electron chi connectivity index (χ3n) is 2.99. The lowest BCUT2D eigenvalue weighted by Gasteiger charge is -2.08. The topological polar surface area (TPSA) is 57.9 Å². The van der Waals surface area contributed by atoms with Crippen LogP contribution in [0.15, 0.2) is 48.5 Å². The Morgan fingerprint density at radius 1 is 0.909 bits per heavy atom. The number of benzene rings is 2. The molecule has 0 radical (unpaired) electrons. The summed E-state index contributed by atoms with van der Waals surface area (Å²) < 4.78 is 0. The van der Waals surface area contributed by atoms with Gasteiger partial charge in [0.25, 0.3) is 10.5 Å². The summed E-state index contributed by atoms with van der Waals surface area (Å²) in [6.07, 6.45) is 1.61. The molecule has 0 aliphatic carbocycles. The smallest absolute Gasteiger partial charge is 0.253 e. The van der Waals surface area contributed by atoms with Crippen LogP contribution in [0.2, 0.25) is 0 Å². The summed E-state index contributed by atoms with van der Waals surface area (Å²) in [5, 5.41) is 7.74. The molecule has 0 fully saturated rings. The molecule has 0 aromatic heterocycles. The number of nitriles is 1. The SMILES string of the molecule is N#CC(=Cc1ccccc1)c1cccc(C(=O)Cl)c1C(=O)Cl. The van der Waals surface area contributed by atoms with Crippen LogP contribution < -0.4 is 0 Å². The van der Waals surface area contributed by atoms with E-state index in [1.807, 2.05) is 36.4 Å². The van der Waals surface area contributed by atoms with Crippen molar-refractivity contribution < 1.29 is 9.59 Å². The van der Waals surface area contributed by atoms with Crippen molar-refractivity contribution in [1.82, 2.24) is 0 Å². The fourth-order valence-corrected chi connectivity index (χ4v) is 2.40. The molecule has 0 atom stereocenters. The maximum Gasteiger partial charge on any atom is 0.253 e. The first-order chi connectivity index (χ1) is 10.5. The van der Waals surface area contributed by atoms with Crippen molar-refractivity contribution in [3.05, 3.63) is 70.8 Å². The zero-order valence-electron chi connectivity index (χ0n) is 11.2. The molecule has 2 aromatic rings. The van der Waals surface area contributed by atoms with Crippen LogP contribution in [0.1, 0.15) is 31.8 Å². The minimum Gasteiger partial charge on any atom is -0.276 e. The van der Waals surface area contributed by atoms with Gasteiger partial charge in [-0.1, -0.05) is 42.5 Å². The van der Waals surface area contributed by atoms with Gasteiger partial charge in [-0.25, -0.2) is 0 Å². The summed E-state index contributed by atoms with van der Waals surface area (Å²) in [7, 11) is 0. The molecule has 0 saturated carbocycles. The minimum atomic E-state index is -0.839. The van der Waals surface area contributed by atoms with E-state index in [0.717, 1.165) is 5.56 Å². The maximum absolute atomic E-state index is 11.7. The highest BCUT2D eigenvalue weighted by molar-refractivity contribution is 6.72. The Morgan fingerprint density at radius 3 is 2.09 bits per heavy atom. The van der Waals surface area contributed by atoms with Crippen molar-refractivity contribution in [3.63, 3.8) is 0 Å². The lowest BCUT2D eigenvalue weighted by molar-refractivity contribution is 0.105. The van der Waals surface area contributed by atoms with Crippen molar-refractivity contribution in [2.24, 2.45) is 0 Å². The zero-order valence-corrected chi connectivity index (χ0v) is 12.7. The number of hydrogen-bond donors (Lipinski definition) is 0. The Kier molecular flexibility index (Phi) is 5.11. The van der Waals surface area contributed by atoms with E-state index in [1.54, 1.807) is 18.2 Å². The van der Waals surface area contributed by atoms with E-state index in [1.165, 1.54) is 6.07 Å². The van der Waals surface area contributed by atoms with E-state index in [4.69, 9.17) is 23.2 Å². The molecule has 0 N–H and O–H groups in total. The highest BCUT2D eigenvalue weighted by atomic mass is 35.5. The Labute approximate surface area is 137 Å². The third-order valence-corrected chi connectivity index (χ3v) is 3.39. The fourth-order valence-electron chi connectivity index (χ4n) is 2.04. The second kappa shape index (κ2) is 7.04. The van der Waals surface area contributed by atoms with Gasteiger partial charge in [0.1, 0.15) is 0 Å². The molecule has 3 nitrogen and oxygen atoms in total. The number of nitrogens with zero attached hydrogens (tertiary/aromatic N) is 1. The van der Waals surface area contributed by atoms with Crippen molar-refractivity contribution in [2.75, 3.05) is 0 Å². The van der Waals surface area contributed by atoms with E-state index in [0.29, 0.717) is 0 Å². The molecule has 0 aliphatic heterocycles. The molecule has 0 spiro atoms. The van der Waals surface area contributed by atoms with E-state index >= 15 is 0 Å². The molecule has 0 saturated heterocycles. The number of hydrogen-bond acceptors (Lipinski definition) is 3. The fraction of sp³-hybridized carbons (Fsp3) is 0. The highest BCUT2D eigenvalue weighted by Crippen LogP contribution is 2.26. The molecule has 0 aliphatic rings. The summed E-state index contributed by atoms with van der Waals surface area (Å²) in [6, 6.07) is 15.7. The van der Waals surface area contributed by atoms with Crippen molar-refractivity contribution in [3.8, 4) is 6.07 Å². The Bertz CT molecular complexity index is 805. The highest BCUT2D eigenvalue weighted by Gasteiger charge is 2.20. The summed E-state index contributed by atoms with van der Waals surface area (Å²) in [5.74, 6) is 0. The van der Waals surface area contributed by atoms with Gasteiger partial charge < -0.3 is 0 Å². The predicted octanol–water partition coefficient (Wildman–Crippen LogP) is 4.51. The Balaban J connectivity index is 2.67. The second-order valence-corrected chi connectivity index (χ2v) is 5.04. The monoisotopic (exact) mass is 329 g/mol. The Morgan fingerprint density at radius 2 is 1.55 bits per heavy atom. The van der Waals surface area contributed by atoms with Gasteiger partial charge in [0.05, 0.1) is 17.2 Å². The lowest BCUT2D eigenvalue weighted by atomic mass is 9.95. The number of carbonyl (C=O) groups excluding carboxylic acids is 2. The van der Waals surface area contributed by atoms with Crippen molar-refractivity contribution >= 4 is 45.3 Å². The quantitative estimate of drug-likeness (QED) is 0.471. The third kappa shape index (κ3) is 3.43. The van der Waals surface area contributed by atoms with Crippen LogP contribution in [0.5, 0.6) is 0 Å². The van der Waals surface area contributed by atoms with E-state index < -0.39 is 10.5 Å². The number of carbonyl (C=O) groups is 2. The minimum absolute atomic E-state index is 0.0200. The Hall–Kier alpha value is -2.41.